The Morgan fingerprint density at radius 1 is 1.21 bits per heavy atom. The molecule has 0 aromatic heterocycles. The quantitative estimate of drug-likeness (QED) is 0.637. The minimum atomic E-state index is 0. The van der Waals surface area contributed by atoms with Crippen LogP contribution in [-0.4, -0.2) is 58.0 Å². The number of hydrogen-bond acceptors (Lipinski definition) is 4. The molecule has 4 nitrogen and oxygen atoms in total. The van der Waals surface area contributed by atoms with Gasteiger partial charge in [0.25, 0.3) is 0 Å². The molecule has 0 amide bonds. The van der Waals surface area contributed by atoms with Crippen LogP contribution in [0.3, 0.4) is 0 Å². The van der Waals surface area contributed by atoms with Gasteiger partial charge in [-0.3, -0.25) is 0 Å². The van der Waals surface area contributed by atoms with Crippen molar-refractivity contribution in [2.45, 2.75) is 26.6 Å². The second-order valence-electron chi connectivity index (χ2n) is 3.68. The molecule has 2 heterocycles. The van der Waals surface area contributed by atoms with E-state index in [1.54, 1.807) is 0 Å². The molecular formula is C10H26N2O2. The molecule has 2 aliphatic heterocycles. The summed E-state index contributed by atoms with van der Waals surface area (Å²) in [5.41, 5.74) is 5.11. The topological polar surface area (TPSA) is 54.3 Å². The van der Waals surface area contributed by atoms with Crippen molar-refractivity contribution in [3.8, 4) is 0 Å². The molecule has 2 aliphatic rings. The van der Waals surface area contributed by atoms with Crippen molar-refractivity contribution in [1.82, 2.24) is 4.90 Å². The number of ether oxygens (including phenoxy) is 2. The second-order valence-corrected chi connectivity index (χ2v) is 3.68. The van der Waals surface area contributed by atoms with Gasteiger partial charge in [0, 0.05) is 6.54 Å². The van der Waals surface area contributed by atoms with Crippen LogP contribution in [0.5, 0.6) is 0 Å². The fourth-order valence-corrected chi connectivity index (χ4v) is 0.300. The first-order valence-electron chi connectivity index (χ1n) is 4.60. The minimum absolute atomic E-state index is 0. The summed E-state index contributed by atoms with van der Waals surface area (Å²) in [6.45, 7) is 4.62. The maximum atomic E-state index is 5.11. The van der Waals surface area contributed by atoms with Crippen LogP contribution in [0, 0.1) is 0 Å². The lowest BCUT2D eigenvalue weighted by Gasteiger charge is -1.90. The molecule has 0 bridgehead atoms. The van der Waals surface area contributed by atoms with E-state index in [2.05, 4.69) is 6.92 Å². The number of nitrogens with zero attached hydrogens (tertiary/aromatic N) is 1. The van der Waals surface area contributed by atoms with E-state index in [1.807, 2.05) is 26.0 Å². The lowest BCUT2D eigenvalue weighted by atomic mass is 10.5. The van der Waals surface area contributed by atoms with E-state index in [0.29, 0.717) is 18.8 Å². The zero-order valence-electron chi connectivity index (χ0n) is 9.12. The maximum Gasteiger partial charge on any atom is 0.0931 e. The summed E-state index contributed by atoms with van der Waals surface area (Å²) in [7, 11) is 6.00. The molecule has 0 spiro atoms. The molecule has 14 heavy (non-hydrogen) atoms. The highest BCUT2D eigenvalue weighted by atomic mass is 16.6. The van der Waals surface area contributed by atoms with E-state index < -0.39 is 0 Å². The van der Waals surface area contributed by atoms with Gasteiger partial charge in [0.15, 0.2) is 0 Å². The highest BCUT2D eigenvalue weighted by Gasteiger charge is 2.18. The molecule has 0 saturated carbocycles. The van der Waals surface area contributed by atoms with Crippen molar-refractivity contribution in [2.24, 2.45) is 5.73 Å². The fraction of sp³-hybridized carbons (Fsp3) is 1.00. The highest BCUT2D eigenvalue weighted by molar-refractivity contribution is 4.67. The van der Waals surface area contributed by atoms with Crippen LogP contribution < -0.4 is 5.73 Å². The van der Waals surface area contributed by atoms with Gasteiger partial charge in [-0.15, -0.1) is 0 Å². The van der Waals surface area contributed by atoms with Crippen molar-refractivity contribution < 1.29 is 9.47 Å². The van der Waals surface area contributed by atoms with Gasteiger partial charge in [0.1, 0.15) is 0 Å². The zero-order chi connectivity index (χ0) is 10.3. The molecule has 0 aromatic rings. The monoisotopic (exact) mass is 206 g/mol. The van der Waals surface area contributed by atoms with Crippen molar-refractivity contribution in [3.63, 3.8) is 0 Å². The molecule has 2 saturated heterocycles. The normalized spacial score (nSPS) is 26.1. The summed E-state index contributed by atoms with van der Waals surface area (Å²) >= 11 is 0. The van der Waals surface area contributed by atoms with Gasteiger partial charge < -0.3 is 20.1 Å². The molecule has 88 valence electrons. The largest absolute Gasteiger partial charge is 0.373 e. The Balaban J connectivity index is 0. The molecular weight excluding hydrogens is 180 g/mol. The predicted octanol–water partition coefficient (Wildman–Crippen LogP) is 0.563. The predicted molar refractivity (Wildman–Crippen MR) is 60.6 cm³/mol. The van der Waals surface area contributed by atoms with E-state index in [1.165, 1.54) is 0 Å². The Morgan fingerprint density at radius 3 is 1.50 bits per heavy atom. The van der Waals surface area contributed by atoms with Crippen LogP contribution in [0.15, 0.2) is 0 Å². The first-order chi connectivity index (χ1) is 6.06. The number of rotatable bonds is 1. The Morgan fingerprint density at radius 2 is 1.50 bits per heavy atom. The van der Waals surface area contributed by atoms with Crippen molar-refractivity contribution in [1.29, 1.82) is 0 Å². The Labute approximate surface area is 88.4 Å². The van der Waals surface area contributed by atoms with Crippen LogP contribution in [0.1, 0.15) is 14.4 Å². The maximum absolute atomic E-state index is 5.11. The van der Waals surface area contributed by atoms with Crippen molar-refractivity contribution in [3.05, 3.63) is 0 Å². The summed E-state index contributed by atoms with van der Waals surface area (Å²) in [5.74, 6) is 0. The third-order valence-electron chi connectivity index (χ3n) is 1.17. The molecule has 0 aromatic carbocycles. The van der Waals surface area contributed by atoms with E-state index in [-0.39, 0.29) is 7.43 Å². The standard InChI is InChI=1S/C3H7NO.C3H9N.C3H6O.CH4/c4-1-3-2-5-3;1-4(2)3;1-3-2-4-3;/h3H,1-2,4H2;1-3H3;3H,2H2,1H3;1H4. The summed E-state index contributed by atoms with van der Waals surface area (Å²) < 4.78 is 9.44. The lowest BCUT2D eigenvalue weighted by molar-refractivity contribution is 0.412. The Hall–Kier alpha value is -0.160. The van der Waals surface area contributed by atoms with Gasteiger partial charge in [-0.05, 0) is 28.1 Å². The van der Waals surface area contributed by atoms with Crippen molar-refractivity contribution in [2.75, 3.05) is 40.9 Å². The average molecular weight is 206 g/mol. The molecule has 2 N–H and O–H groups in total. The van der Waals surface area contributed by atoms with Crippen molar-refractivity contribution >= 4 is 0 Å². The summed E-state index contributed by atoms with van der Waals surface area (Å²) in [6.07, 6.45) is 0.995. The number of nitrogens with two attached hydrogens (primary N) is 1. The molecule has 2 unspecified atom stereocenters. The van der Waals surface area contributed by atoms with Gasteiger partial charge in [-0.2, -0.15) is 0 Å². The Kier molecular flexibility index (Phi) is 10.9. The molecule has 0 aliphatic carbocycles. The van der Waals surface area contributed by atoms with Crippen LogP contribution in [0.25, 0.3) is 0 Å². The van der Waals surface area contributed by atoms with Crippen LogP contribution in [0.4, 0.5) is 0 Å². The summed E-state index contributed by atoms with van der Waals surface area (Å²) in [6, 6.07) is 0. The smallest absolute Gasteiger partial charge is 0.0931 e. The number of epoxide rings is 2. The van der Waals surface area contributed by atoms with E-state index >= 15 is 0 Å². The van der Waals surface area contributed by atoms with E-state index in [4.69, 9.17) is 15.2 Å². The molecule has 2 rings (SSSR count). The lowest BCUT2D eigenvalue weighted by Crippen LogP contribution is -2.05. The SMILES string of the molecule is C.CC1CO1.CN(C)C.NCC1CO1. The highest BCUT2D eigenvalue weighted by Crippen LogP contribution is 2.04. The third-order valence-corrected chi connectivity index (χ3v) is 1.17. The first-order valence-corrected chi connectivity index (χ1v) is 4.60. The van der Waals surface area contributed by atoms with Crippen LogP contribution in [0.2, 0.25) is 0 Å². The summed E-state index contributed by atoms with van der Waals surface area (Å²) in [4.78, 5) is 2.00. The van der Waals surface area contributed by atoms with Gasteiger partial charge in [0.05, 0.1) is 25.4 Å². The fourth-order valence-electron chi connectivity index (χ4n) is 0.300. The minimum Gasteiger partial charge on any atom is -0.373 e. The second kappa shape index (κ2) is 9.40. The first kappa shape index (κ1) is 16.3. The molecule has 2 atom stereocenters. The summed E-state index contributed by atoms with van der Waals surface area (Å²) in [5, 5.41) is 0. The molecule has 2 fully saturated rings. The average Bonchev–Trinajstić information content (AvgIpc) is 2.78. The van der Waals surface area contributed by atoms with Gasteiger partial charge >= 0.3 is 0 Å². The van der Waals surface area contributed by atoms with E-state index in [9.17, 15) is 0 Å². The zero-order valence-corrected chi connectivity index (χ0v) is 9.12. The molecule has 0 radical (unpaired) electrons. The third kappa shape index (κ3) is 22.6. The van der Waals surface area contributed by atoms with Gasteiger partial charge in [-0.25, -0.2) is 0 Å². The Bertz CT molecular complexity index is 110. The molecule has 4 heteroatoms. The van der Waals surface area contributed by atoms with Crippen LogP contribution in [-0.2, 0) is 9.47 Å². The number of hydrogen-bond donors (Lipinski definition) is 1. The van der Waals surface area contributed by atoms with Crippen LogP contribution >= 0.6 is 0 Å². The van der Waals surface area contributed by atoms with Gasteiger partial charge in [0.2, 0.25) is 0 Å². The van der Waals surface area contributed by atoms with E-state index in [0.717, 1.165) is 13.2 Å². The van der Waals surface area contributed by atoms with Gasteiger partial charge in [-0.1, -0.05) is 7.43 Å².